The third-order valence-corrected chi connectivity index (χ3v) is 7.42. The number of hydrogen-bond acceptors (Lipinski definition) is 5. The molecule has 0 spiro atoms. The van der Waals surface area contributed by atoms with Crippen LogP contribution in [0, 0.1) is 0 Å². The highest BCUT2D eigenvalue weighted by atomic mass is 32.2. The van der Waals surface area contributed by atoms with Gasteiger partial charge in [-0.05, 0) is 69.0 Å². The second kappa shape index (κ2) is 9.54. The molecule has 1 saturated heterocycles. The SMILES string of the molecule is C/C=C(\N=C(c1ccc(NC2CC2)cc1)N1CCOCC1)C1(SCCCO)CC1. The molecule has 6 heteroatoms. The van der Waals surface area contributed by atoms with E-state index in [4.69, 9.17) is 14.8 Å². The lowest BCUT2D eigenvalue weighted by Gasteiger charge is -2.31. The van der Waals surface area contributed by atoms with Crippen LogP contribution in [0.25, 0.3) is 0 Å². The fourth-order valence-corrected chi connectivity index (χ4v) is 5.10. The van der Waals surface area contributed by atoms with Crippen LogP contribution in [0.3, 0.4) is 0 Å². The maximum atomic E-state index is 9.15. The molecule has 2 aliphatic carbocycles. The van der Waals surface area contributed by atoms with Gasteiger partial charge in [0.2, 0.25) is 0 Å². The van der Waals surface area contributed by atoms with Crippen molar-refractivity contribution in [3.8, 4) is 0 Å². The van der Waals surface area contributed by atoms with Gasteiger partial charge in [0, 0.05) is 37.0 Å². The van der Waals surface area contributed by atoms with Gasteiger partial charge in [0.15, 0.2) is 0 Å². The van der Waals surface area contributed by atoms with Crippen LogP contribution in [0.5, 0.6) is 0 Å². The molecule has 4 rings (SSSR count). The summed E-state index contributed by atoms with van der Waals surface area (Å²) in [6.07, 6.45) is 7.94. The van der Waals surface area contributed by atoms with Gasteiger partial charge in [-0.15, -0.1) is 11.8 Å². The molecule has 5 nitrogen and oxygen atoms in total. The largest absolute Gasteiger partial charge is 0.396 e. The standard InChI is InChI=1S/C23H33N3O2S/c1-2-21(23(10-11-23)29-17-3-14-27)25-22(26-12-15-28-16-13-26)18-4-6-19(7-5-18)24-20-8-9-20/h2,4-7,20,24,27H,3,8-17H2,1H3/b21-2-,25-22?. The van der Waals surface area contributed by atoms with Gasteiger partial charge in [-0.1, -0.05) is 6.08 Å². The fourth-order valence-electron chi connectivity index (χ4n) is 3.74. The summed E-state index contributed by atoms with van der Waals surface area (Å²) in [5.74, 6) is 2.05. The Balaban J connectivity index is 1.57. The normalized spacial score (nSPS) is 21.9. The van der Waals surface area contributed by atoms with Gasteiger partial charge in [-0.25, -0.2) is 4.99 Å². The Morgan fingerprint density at radius 1 is 1.28 bits per heavy atom. The number of nitrogens with one attached hydrogen (secondary N) is 1. The van der Waals surface area contributed by atoms with Gasteiger partial charge in [-0.3, -0.25) is 0 Å². The van der Waals surface area contributed by atoms with Crippen molar-refractivity contribution in [3.63, 3.8) is 0 Å². The van der Waals surface area contributed by atoms with E-state index in [9.17, 15) is 0 Å². The minimum absolute atomic E-state index is 0.134. The lowest BCUT2D eigenvalue weighted by atomic mass is 10.1. The maximum absolute atomic E-state index is 9.15. The molecule has 0 unspecified atom stereocenters. The number of hydrogen-bond donors (Lipinski definition) is 2. The highest BCUT2D eigenvalue weighted by molar-refractivity contribution is 8.01. The first kappa shape index (κ1) is 20.8. The highest BCUT2D eigenvalue weighted by Gasteiger charge is 2.46. The molecule has 29 heavy (non-hydrogen) atoms. The molecule has 1 aromatic rings. The number of anilines is 1. The number of thioether (sulfide) groups is 1. The van der Waals surface area contributed by atoms with E-state index in [0.717, 1.165) is 44.3 Å². The number of ether oxygens (including phenoxy) is 1. The molecule has 3 aliphatic rings. The van der Waals surface area contributed by atoms with Gasteiger partial charge < -0.3 is 20.1 Å². The van der Waals surface area contributed by atoms with E-state index in [2.05, 4.69) is 47.5 Å². The van der Waals surface area contributed by atoms with Crippen LogP contribution >= 0.6 is 11.8 Å². The van der Waals surface area contributed by atoms with Crippen LogP contribution in [0.4, 0.5) is 5.69 Å². The van der Waals surface area contributed by atoms with Crippen molar-refractivity contribution in [2.45, 2.75) is 49.8 Å². The molecule has 1 aromatic carbocycles. The predicted molar refractivity (Wildman–Crippen MR) is 122 cm³/mol. The summed E-state index contributed by atoms with van der Waals surface area (Å²) in [7, 11) is 0. The summed E-state index contributed by atoms with van der Waals surface area (Å²) in [6, 6.07) is 9.42. The summed E-state index contributed by atoms with van der Waals surface area (Å²) in [6.45, 7) is 5.62. The number of amidine groups is 1. The Morgan fingerprint density at radius 3 is 2.59 bits per heavy atom. The second-order valence-corrected chi connectivity index (χ2v) is 9.60. The monoisotopic (exact) mass is 415 g/mol. The van der Waals surface area contributed by atoms with Crippen molar-refractivity contribution in [3.05, 3.63) is 41.6 Å². The second-order valence-electron chi connectivity index (χ2n) is 8.12. The first-order chi connectivity index (χ1) is 14.2. The third kappa shape index (κ3) is 5.36. The molecule has 0 atom stereocenters. The predicted octanol–water partition coefficient (Wildman–Crippen LogP) is 3.89. The van der Waals surface area contributed by atoms with E-state index < -0.39 is 0 Å². The Kier molecular flexibility index (Phi) is 6.83. The average Bonchev–Trinajstić information content (AvgIpc) is 3.68. The van der Waals surface area contributed by atoms with Crippen molar-refractivity contribution in [2.24, 2.45) is 4.99 Å². The van der Waals surface area contributed by atoms with Gasteiger partial charge >= 0.3 is 0 Å². The molecular formula is C23H33N3O2S. The third-order valence-electron chi connectivity index (χ3n) is 5.75. The number of benzene rings is 1. The number of morpholine rings is 1. The van der Waals surface area contributed by atoms with E-state index >= 15 is 0 Å². The summed E-state index contributed by atoms with van der Waals surface area (Å²) in [4.78, 5) is 7.61. The van der Waals surface area contributed by atoms with E-state index in [-0.39, 0.29) is 11.4 Å². The van der Waals surface area contributed by atoms with Crippen molar-refractivity contribution in [2.75, 3.05) is 44.0 Å². The molecule has 0 radical (unpaired) electrons. The zero-order valence-electron chi connectivity index (χ0n) is 17.4. The molecule has 158 valence electrons. The summed E-state index contributed by atoms with van der Waals surface area (Å²) in [5, 5.41) is 12.7. The van der Waals surface area contributed by atoms with Crippen molar-refractivity contribution in [1.82, 2.24) is 4.90 Å². The average molecular weight is 416 g/mol. The van der Waals surface area contributed by atoms with Crippen LogP contribution in [0.1, 0.15) is 44.6 Å². The molecule has 1 heterocycles. The molecule has 2 N–H and O–H groups in total. The topological polar surface area (TPSA) is 57.1 Å². The zero-order valence-corrected chi connectivity index (χ0v) is 18.2. The number of nitrogens with zero attached hydrogens (tertiary/aromatic N) is 2. The van der Waals surface area contributed by atoms with Gasteiger partial charge in [0.05, 0.1) is 23.7 Å². The summed E-state index contributed by atoms with van der Waals surface area (Å²) < 4.78 is 5.72. The van der Waals surface area contributed by atoms with E-state index in [0.29, 0.717) is 6.04 Å². The molecule has 0 aromatic heterocycles. The van der Waals surface area contributed by atoms with E-state index in [1.54, 1.807) is 0 Å². The van der Waals surface area contributed by atoms with Crippen LogP contribution < -0.4 is 5.32 Å². The number of aliphatic hydroxyl groups is 1. The lowest BCUT2D eigenvalue weighted by molar-refractivity contribution is 0.0682. The van der Waals surface area contributed by atoms with Crippen LogP contribution in [-0.2, 0) is 4.74 Å². The van der Waals surface area contributed by atoms with Crippen LogP contribution in [0.2, 0.25) is 0 Å². The highest BCUT2D eigenvalue weighted by Crippen LogP contribution is 2.54. The van der Waals surface area contributed by atoms with Crippen molar-refractivity contribution >= 4 is 23.3 Å². The van der Waals surface area contributed by atoms with Crippen molar-refractivity contribution < 1.29 is 9.84 Å². The first-order valence-corrected chi connectivity index (χ1v) is 11.9. The molecule has 0 bridgehead atoms. The number of aliphatic imine (C=N–C) groups is 1. The Hall–Kier alpha value is -1.50. The van der Waals surface area contributed by atoms with Gasteiger partial charge in [-0.2, -0.15) is 0 Å². The molecular weight excluding hydrogens is 382 g/mol. The van der Waals surface area contributed by atoms with Crippen molar-refractivity contribution in [1.29, 1.82) is 0 Å². The Labute approximate surface area is 178 Å². The molecule has 2 saturated carbocycles. The number of allylic oxidation sites excluding steroid dienone is 1. The molecule has 0 amide bonds. The first-order valence-electron chi connectivity index (χ1n) is 10.9. The maximum Gasteiger partial charge on any atom is 0.136 e. The van der Waals surface area contributed by atoms with Crippen LogP contribution in [-0.4, -0.2) is 65.3 Å². The quantitative estimate of drug-likeness (QED) is 0.364. The minimum atomic E-state index is 0.134. The number of aliphatic hydroxyl groups excluding tert-OH is 1. The van der Waals surface area contributed by atoms with E-state index in [1.807, 2.05) is 11.8 Å². The minimum Gasteiger partial charge on any atom is -0.396 e. The summed E-state index contributed by atoms with van der Waals surface area (Å²) >= 11 is 1.96. The summed E-state index contributed by atoms with van der Waals surface area (Å²) in [5.41, 5.74) is 3.55. The lowest BCUT2D eigenvalue weighted by Crippen LogP contribution is -2.41. The Bertz CT molecular complexity index is 733. The molecule has 1 aliphatic heterocycles. The van der Waals surface area contributed by atoms with E-state index in [1.165, 1.54) is 42.6 Å². The zero-order chi connectivity index (χ0) is 20.1. The smallest absolute Gasteiger partial charge is 0.136 e. The number of rotatable bonds is 9. The van der Waals surface area contributed by atoms with Gasteiger partial charge in [0.25, 0.3) is 0 Å². The Morgan fingerprint density at radius 2 is 2.00 bits per heavy atom. The van der Waals surface area contributed by atoms with Gasteiger partial charge in [0.1, 0.15) is 5.84 Å². The van der Waals surface area contributed by atoms with Crippen LogP contribution in [0.15, 0.2) is 41.0 Å². The molecule has 3 fully saturated rings. The fraction of sp³-hybridized carbons (Fsp3) is 0.609.